The van der Waals surface area contributed by atoms with Crippen molar-refractivity contribution in [1.82, 2.24) is 15.1 Å². The van der Waals surface area contributed by atoms with Crippen molar-refractivity contribution < 1.29 is 14.3 Å². The molecule has 1 spiro atoms. The maximum Gasteiger partial charge on any atom is 0.326 e. The molecule has 1 N–H and O–H groups in total. The van der Waals surface area contributed by atoms with Crippen LogP contribution in [0.5, 0.6) is 5.75 Å². The second kappa shape index (κ2) is 8.27. The van der Waals surface area contributed by atoms with Gasteiger partial charge in [0.25, 0.3) is 5.91 Å². The Hall–Kier alpha value is -1.79. The molecule has 7 heteroatoms. The van der Waals surface area contributed by atoms with Gasteiger partial charge < -0.3 is 10.1 Å². The third-order valence-corrected chi connectivity index (χ3v) is 5.39. The molecule has 1 aliphatic carbocycles. The highest BCUT2D eigenvalue weighted by molar-refractivity contribution is 6.30. The van der Waals surface area contributed by atoms with E-state index in [4.69, 9.17) is 16.3 Å². The quantitative estimate of drug-likeness (QED) is 0.771. The van der Waals surface area contributed by atoms with Gasteiger partial charge in [0.05, 0.1) is 6.67 Å². The number of hydrogen-bond acceptors (Lipinski definition) is 4. The Morgan fingerprint density at radius 1 is 1.15 bits per heavy atom. The van der Waals surface area contributed by atoms with E-state index in [9.17, 15) is 9.59 Å². The number of amides is 3. The average molecular weight is 380 g/mol. The number of ether oxygens (including phenoxy) is 1. The van der Waals surface area contributed by atoms with E-state index in [0.29, 0.717) is 18.2 Å². The predicted octanol–water partition coefficient (Wildman–Crippen LogP) is 3.25. The molecule has 142 valence electrons. The van der Waals surface area contributed by atoms with Gasteiger partial charge in [-0.05, 0) is 44.2 Å². The van der Waals surface area contributed by atoms with Crippen LogP contribution in [0.25, 0.3) is 0 Å². The van der Waals surface area contributed by atoms with Crippen LogP contribution < -0.4 is 10.1 Å². The van der Waals surface area contributed by atoms with Gasteiger partial charge in [0.15, 0.2) is 0 Å². The lowest BCUT2D eigenvalue weighted by Gasteiger charge is -2.26. The molecule has 3 rings (SSSR count). The lowest BCUT2D eigenvalue weighted by Crippen LogP contribution is -2.47. The van der Waals surface area contributed by atoms with Gasteiger partial charge in [-0.2, -0.15) is 0 Å². The molecule has 26 heavy (non-hydrogen) atoms. The third kappa shape index (κ3) is 4.30. The minimum Gasteiger partial charge on any atom is -0.492 e. The van der Waals surface area contributed by atoms with Crippen molar-refractivity contribution in [1.29, 1.82) is 0 Å². The second-order valence-electron chi connectivity index (χ2n) is 7.18. The molecule has 0 atom stereocenters. The zero-order valence-corrected chi connectivity index (χ0v) is 15.9. The summed E-state index contributed by atoms with van der Waals surface area (Å²) < 4.78 is 5.67. The van der Waals surface area contributed by atoms with E-state index >= 15 is 0 Å². The smallest absolute Gasteiger partial charge is 0.326 e. The van der Waals surface area contributed by atoms with E-state index in [1.807, 2.05) is 24.1 Å². The Bertz CT molecular complexity index is 642. The minimum atomic E-state index is -0.672. The molecule has 0 bridgehead atoms. The molecular formula is C19H26ClN3O3. The summed E-state index contributed by atoms with van der Waals surface area (Å²) in [6.07, 6.45) is 5.74. The number of likely N-dealkylation sites (N-methyl/N-ethyl adjacent to an activating group) is 1. The first kappa shape index (κ1) is 19.0. The minimum absolute atomic E-state index is 0.0742. The fourth-order valence-electron chi connectivity index (χ4n) is 3.64. The summed E-state index contributed by atoms with van der Waals surface area (Å²) in [7, 11) is 1.88. The average Bonchev–Trinajstić information content (AvgIpc) is 2.79. The van der Waals surface area contributed by atoms with E-state index in [1.165, 1.54) is 4.90 Å². The monoisotopic (exact) mass is 379 g/mol. The van der Waals surface area contributed by atoms with Crippen LogP contribution in [0.3, 0.4) is 0 Å². The molecule has 2 aliphatic rings. The maximum absolute atomic E-state index is 12.9. The topological polar surface area (TPSA) is 61.9 Å². The summed E-state index contributed by atoms with van der Waals surface area (Å²) in [5, 5.41) is 3.64. The summed E-state index contributed by atoms with van der Waals surface area (Å²) in [6.45, 7) is 1.34. The van der Waals surface area contributed by atoms with Gasteiger partial charge >= 0.3 is 6.03 Å². The van der Waals surface area contributed by atoms with Crippen LogP contribution in [0, 0.1) is 0 Å². The lowest BCUT2D eigenvalue weighted by atomic mass is 9.90. The molecule has 6 nitrogen and oxygen atoms in total. The predicted molar refractivity (Wildman–Crippen MR) is 100 cm³/mol. The molecule has 2 fully saturated rings. The molecule has 1 aliphatic heterocycles. The summed E-state index contributed by atoms with van der Waals surface area (Å²) in [5.41, 5.74) is -0.672. The SMILES string of the molecule is CN(CCOc1ccc(Cl)cc1)CN1C(=O)NC2(CCCCCC2)C1=O. The highest BCUT2D eigenvalue weighted by Crippen LogP contribution is 2.32. The van der Waals surface area contributed by atoms with Gasteiger partial charge in [-0.1, -0.05) is 37.3 Å². The number of imide groups is 1. The van der Waals surface area contributed by atoms with Crippen LogP contribution in [0.4, 0.5) is 4.79 Å². The molecule has 0 unspecified atom stereocenters. The van der Waals surface area contributed by atoms with Crippen LogP contribution in [0.15, 0.2) is 24.3 Å². The van der Waals surface area contributed by atoms with E-state index in [2.05, 4.69) is 5.32 Å². The van der Waals surface area contributed by atoms with Crippen LogP contribution in [0.1, 0.15) is 38.5 Å². The summed E-state index contributed by atoms with van der Waals surface area (Å²) in [6, 6.07) is 6.91. The second-order valence-corrected chi connectivity index (χ2v) is 7.62. The molecule has 3 amide bonds. The van der Waals surface area contributed by atoms with Crippen molar-refractivity contribution in [2.45, 2.75) is 44.1 Å². The van der Waals surface area contributed by atoms with Gasteiger partial charge in [-0.15, -0.1) is 0 Å². The van der Waals surface area contributed by atoms with E-state index in [0.717, 1.165) is 44.3 Å². The van der Waals surface area contributed by atoms with Crippen molar-refractivity contribution in [3.63, 3.8) is 0 Å². The number of hydrogen-bond donors (Lipinski definition) is 1. The molecule has 1 saturated heterocycles. The molecule has 0 aromatic heterocycles. The summed E-state index contributed by atoms with van der Waals surface area (Å²) in [4.78, 5) is 28.5. The first-order valence-corrected chi connectivity index (χ1v) is 9.59. The van der Waals surface area contributed by atoms with Crippen LogP contribution in [-0.4, -0.2) is 54.1 Å². The van der Waals surface area contributed by atoms with E-state index in [1.54, 1.807) is 12.1 Å². The van der Waals surface area contributed by atoms with E-state index in [-0.39, 0.29) is 18.6 Å². The highest BCUT2D eigenvalue weighted by Gasteiger charge is 2.50. The van der Waals surface area contributed by atoms with Crippen molar-refractivity contribution >= 4 is 23.5 Å². The normalized spacial score (nSPS) is 19.7. The summed E-state index contributed by atoms with van der Waals surface area (Å²) in [5.74, 6) is 0.671. The van der Waals surface area contributed by atoms with Crippen molar-refractivity contribution in [3.8, 4) is 5.75 Å². The fourth-order valence-corrected chi connectivity index (χ4v) is 3.76. The van der Waals surface area contributed by atoms with Gasteiger partial charge in [0.2, 0.25) is 0 Å². The lowest BCUT2D eigenvalue weighted by molar-refractivity contribution is -0.133. The Morgan fingerprint density at radius 3 is 2.46 bits per heavy atom. The Balaban J connectivity index is 1.50. The number of nitrogens with one attached hydrogen (secondary N) is 1. The van der Waals surface area contributed by atoms with Crippen LogP contribution >= 0.6 is 11.6 Å². The van der Waals surface area contributed by atoms with Crippen molar-refractivity contribution in [2.75, 3.05) is 26.9 Å². The largest absolute Gasteiger partial charge is 0.492 e. The Kier molecular flexibility index (Phi) is 6.04. The molecule has 1 saturated carbocycles. The number of urea groups is 1. The zero-order chi connectivity index (χ0) is 18.6. The number of rotatable bonds is 6. The van der Waals surface area contributed by atoms with Gasteiger partial charge in [-0.3, -0.25) is 9.69 Å². The number of halogens is 1. The first-order valence-electron chi connectivity index (χ1n) is 9.21. The fraction of sp³-hybridized carbons (Fsp3) is 0.579. The third-order valence-electron chi connectivity index (χ3n) is 5.14. The molecule has 1 aromatic rings. The zero-order valence-electron chi connectivity index (χ0n) is 15.2. The maximum atomic E-state index is 12.9. The van der Waals surface area contributed by atoms with Crippen molar-refractivity contribution in [2.24, 2.45) is 0 Å². The standard InChI is InChI=1S/C19H26ClN3O3/c1-22(12-13-26-16-8-6-15(20)7-9-16)14-23-17(24)19(21-18(23)25)10-4-2-3-5-11-19/h6-9H,2-5,10-14H2,1H3,(H,21,25). The molecule has 1 aromatic carbocycles. The van der Waals surface area contributed by atoms with Crippen molar-refractivity contribution in [3.05, 3.63) is 29.3 Å². The Labute approximate surface area is 159 Å². The van der Waals surface area contributed by atoms with Gasteiger partial charge in [0.1, 0.15) is 17.9 Å². The molecular weight excluding hydrogens is 354 g/mol. The number of carbonyl (C=O) groups excluding carboxylic acids is 2. The number of benzene rings is 1. The highest BCUT2D eigenvalue weighted by atomic mass is 35.5. The number of carbonyl (C=O) groups is 2. The van der Waals surface area contributed by atoms with Crippen LogP contribution in [-0.2, 0) is 4.79 Å². The molecule has 0 radical (unpaired) electrons. The van der Waals surface area contributed by atoms with Gasteiger partial charge in [0, 0.05) is 11.6 Å². The summed E-state index contributed by atoms with van der Waals surface area (Å²) >= 11 is 5.85. The first-order chi connectivity index (χ1) is 12.5. The van der Waals surface area contributed by atoms with Gasteiger partial charge in [-0.25, -0.2) is 9.69 Å². The van der Waals surface area contributed by atoms with Crippen LogP contribution in [0.2, 0.25) is 5.02 Å². The Morgan fingerprint density at radius 2 is 1.81 bits per heavy atom. The number of nitrogens with zero attached hydrogens (tertiary/aromatic N) is 2. The molecule has 1 heterocycles. The van der Waals surface area contributed by atoms with E-state index < -0.39 is 5.54 Å².